The molecule has 0 unspecified atom stereocenters. The maximum Gasteiger partial charge on any atom is 0.253 e. The summed E-state index contributed by atoms with van der Waals surface area (Å²) in [5.74, 6) is 1.63. The lowest BCUT2D eigenvalue weighted by Crippen LogP contribution is -2.37. The number of aryl methyl sites for hydroxylation is 1. The first-order valence-corrected chi connectivity index (χ1v) is 10.6. The molecule has 0 radical (unpaired) electrons. The fourth-order valence-electron chi connectivity index (χ4n) is 4.03. The molecule has 8 heteroatoms. The van der Waals surface area contributed by atoms with E-state index in [1.54, 1.807) is 17.0 Å². The van der Waals surface area contributed by atoms with Gasteiger partial charge in [-0.05, 0) is 50.7 Å². The van der Waals surface area contributed by atoms with Crippen molar-refractivity contribution in [2.75, 3.05) is 23.3 Å². The minimum Gasteiger partial charge on any atom is -0.364 e. The molecule has 4 heterocycles. The van der Waals surface area contributed by atoms with Crippen molar-refractivity contribution in [3.8, 4) is 0 Å². The molecule has 0 atom stereocenters. The molecule has 30 heavy (non-hydrogen) atoms. The minimum atomic E-state index is -0.485. The third kappa shape index (κ3) is 3.99. The molecule has 3 aromatic rings. The van der Waals surface area contributed by atoms with Crippen molar-refractivity contribution >= 4 is 22.7 Å². The minimum absolute atomic E-state index is 0.281. The Morgan fingerprint density at radius 1 is 1.13 bits per heavy atom. The van der Waals surface area contributed by atoms with E-state index in [0.29, 0.717) is 18.5 Å². The maximum absolute atomic E-state index is 13.2. The summed E-state index contributed by atoms with van der Waals surface area (Å²) in [6.45, 7) is 4.27. The van der Waals surface area contributed by atoms with E-state index in [2.05, 4.69) is 15.2 Å². The number of hydrogen-bond donors (Lipinski definition) is 1. The number of rotatable bonds is 5. The third-order valence-electron chi connectivity index (χ3n) is 5.91. The fourth-order valence-corrected chi connectivity index (χ4v) is 4.03. The Bertz CT molecular complexity index is 1130. The van der Waals surface area contributed by atoms with Gasteiger partial charge in [-0.2, -0.15) is 0 Å². The zero-order valence-corrected chi connectivity index (χ0v) is 17.0. The summed E-state index contributed by atoms with van der Waals surface area (Å²) in [7, 11) is 0. The van der Waals surface area contributed by atoms with Crippen LogP contribution < -0.4 is 15.8 Å². The summed E-state index contributed by atoms with van der Waals surface area (Å²) in [5, 5.41) is 3.54. The molecule has 2 fully saturated rings. The van der Waals surface area contributed by atoms with Crippen molar-refractivity contribution in [2.45, 2.75) is 45.2 Å². The first-order chi connectivity index (χ1) is 14.5. The summed E-state index contributed by atoms with van der Waals surface area (Å²) in [4.78, 5) is 28.4. The van der Waals surface area contributed by atoms with Gasteiger partial charge in [-0.15, -0.1) is 0 Å². The van der Waals surface area contributed by atoms with Crippen LogP contribution in [0.1, 0.15) is 31.4 Å². The lowest BCUT2D eigenvalue weighted by atomic mass is 9.96. The summed E-state index contributed by atoms with van der Waals surface area (Å²) in [6, 6.07) is 4.84. The van der Waals surface area contributed by atoms with Gasteiger partial charge in [0.05, 0.1) is 11.7 Å². The molecular weight excluding hydrogens is 383 g/mol. The van der Waals surface area contributed by atoms with Gasteiger partial charge in [-0.3, -0.25) is 9.78 Å². The lowest BCUT2D eigenvalue weighted by molar-refractivity contribution is 0.351. The van der Waals surface area contributed by atoms with Gasteiger partial charge in [0.1, 0.15) is 11.3 Å². The number of fused-ring (bicyclic) bond motifs is 1. The molecule has 0 spiro atoms. The molecule has 5 rings (SSSR count). The second-order valence-electron chi connectivity index (χ2n) is 8.39. The van der Waals surface area contributed by atoms with E-state index in [4.69, 9.17) is 9.97 Å². The normalized spacial score (nSPS) is 17.5. The number of hydrogen-bond acceptors (Lipinski definition) is 6. The standard InChI is InChI=1S/C22H25FN6O/c1-14-10-18-19(12-24-14)27-22(21(26-18)25-17-2-3-17)28-7-4-15(5-8-28)13-29-9-6-16(23)11-20(29)30/h6,9-12,15,17H,2-5,7-8,13H2,1H3,(H,25,26). The van der Waals surface area contributed by atoms with E-state index in [9.17, 15) is 9.18 Å². The molecule has 1 saturated heterocycles. The Morgan fingerprint density at radius 2 is 1.93 bits per heavy atom. The molecule has 1 saturated carbocycles. The van der Waals surface area contributed by atoms with Gasteiger partial charge in [0.15, 0.2) is 11.6 Å². The number of halogens is 1. The molecule has 7 nitrogen and oxygen atoms in total. The summed E-state index contributed by atoms with van der Waals surface area (Å²) in [5.41, 5.74) is 2.31. The van der Waals surface area contributed by atoms with Crippen molar-refractivity contribution in [3.63, 3.8) is 0 Å². The molecule has 0 amide bonds. The molecular formula is C22H25FN6O. The van der Waals surface area contributed by atoms with Gasteiger partial charge in [0.25, 0.3) is 5.56 Å². The van der Waals surface area contributed by atoms with E-state index in [-0.39, 0.29) is 5.56 Å². The molecule has 3 aromatic heterocycles. The van der Waals surface area contributed by atoms with Crippen LogP contribution in [0.4, 0.5) is 16.0 Å². The lowest BCUT2D eigenvalue weighted by Gasteiger charge is -2.34. The Labute approximate surface area is 174 Å². The second kappa shape index (κ2) is 7.66. The van der Waals surface area contributed by atoms with Crippen molar-refractivity contribution in [3.05, 3.63) is 52.5 Å². The highest BCUT2D eigenvalue weighted by atomic mass is 19.1. The van der Waals surface area contributed by atoms with Crippen LogP contribution in [-0.2, 0) is 6.54 Å². The fraction of sp³-hybridized carbons (Fsp3) is 0.455. The summed E-state index contributed by atoms with van der Waals surface area (Å²) < 4.78 is 14.8. The molecule has 0 bridgehead atoms. The van der Waals surface area contributed by atoms with Gasteiger partial charge in [0.2, 0.25) is 0 Å². The topological polar surface area (TPSA) is 75.9 Å². The Kier molecular flexibility index (Phi) is 4.84. The number of anilines is 2. The highest BCUT2D eigenvalue weighted by Crippen LogP contribution is 2.33. The van der Waals surface area contributed by atoms with Gasteiger partial charge in [-0.25, -0.2) is 14.4 Å². The Morgan fingerprint density at radius 3 is 2.67 bits per heavy atom. The number of nitrogens with one attached hydrogen (secondary N) is 1. The first-order valence-electron chi connectivity index (χ1n) is 10.6. The van der Waals surface area contributed by atoms with Crippen molar-refractivity contribution in [1.29, 1.82) is 0 Å². The molecule has 1 N–H and O–H groups in total. The van der Waals surface area contributed by atoms with Crippen LogP contribution in [0.2, 0.25) is 0 Å². The highest BCUT2D eigenvalue weighted by molar-refractivity contribution is 5.80. The molecule has 0 aromatic carbocycles. The van der Waals surface area contributed by atoms with Crippen LogP contribution in [-0.4, -0.2) is 38.7 Å². The average Bonchev–Trinajstić information content (AvgIpc) is 3.54. The Balaban J connectivity index is 1.34. The van der Waals surface area contributed by atoms with Crippen LogP contribution in [0, 0.1) is 18.7 Å². The maximum atomic E-state index is 13.2. The van der Waals surface area contributed by atoms with Crippen molar-refractivity contribution in [2.24, 2.45) is 5.92 Å². The largest absolute Gasteiger partial charge is 0.364 e. The van der Waals surface area contributed by atoms with Crippen molar-refractivity contribution < 1.29 is 4.39 Å². The average molecular weight is 408 g/mol. The predicted octanol–water partition coefficient (Wildman–Crippen LogP) is 3.12. The summed E-state index contributed by atoms with van der Waals surface area (Å²) >= 11 is 0. The molecule has 1 aliphatic carbocycles. The van der Waals surface area contributed by atoms with Crippen LogP contribution in [0.5, 0.6) is 0 Å². The van der Waals surface area contributed by atoms with E-state index >= 15 is 0 Å². The zero-order valence-electron chi connectivity index (χ0n) is 17.0. The van der Waals surface area contributed by atoms with Crippen LogP contribution in [0.15, 0.2) is 35.4 Å². The van der Waals surface area contributed by atoms with E-state index < -0.39 is 5.82 Å². The Hall–Kier alpha value is -3.03. The van der Waals surface area contributed by atoms with Crippen LogP contribution in [0.3, 0.4) is 0 Å². The molecule has 1 aliphatic heterocycles. The quantitative estimate of drug-likeness (QED) is 0.699. The zero-order chi connectivity index (χ0) is 20.7. The van der Waals surface area contributed by atoms with Gasteiger partial charge in [-0.1, -0.05) is 0 Å². The van der Waals surface area contributed by atoms with E-state index in [1.807, 2.05) is 13.0 Å². The first kappa shape index (κ1) is 19.0. The smallest absolute Gasteiger partial charge is 0.253 e. The number of piperidine rings is 1. The van der Waals surface area contributed by atoms with Crippen LogP contribution >= 0.6 is 0 Å². The van der Waals surface area contributed by atoms with E-state index in [1.165, 1.54) is 18.9 Å². The second-order valence-corrected chi connectivity index (χ2v) is 8.39. The summed E-state index contributed by atoms with van der Waals surface area (Å²) in [6.07, 6.45) is 7.56. The van der Waals surface area contributed by atoms with E-state index in [0.717, 1.165) is 60.4 Å². The van der Waals surface area contributed by atoms with Gasteiger partial charge < -0.3 is 14.8 Å². The predicted molar refractivity (Wildman–Crippen MR) is 114 cm³/mol. The van der Waals surface area contributed by atoms with Crippen molar-refractivity contribution in [1.82, 2.24) is 19.5 Å². The third-order valence-corrected chi connectivity index (χ3v) is 5.91. The van der Waals surface area contributed by atoms with Gasteiger partial charge >= 0.3 is 0 Å². The molecule has 156 valence electrons. The SMILES string of the molecule is Cc1cc2nc(NC3CC3)c(N3CCC(Cn4ccc(F)cc4=O)CC3)nc2cn1. The number of aromatic nitrogens is 4. The van der Waals surface area contributed by atoms with Crippen LogP contribution in [0.25, 0.3) is 11.0 Å². The number of nitrogens with zero attached hydrogens (tertiary/aromatic N) is 5. The monoisotopic (exact) mass is 408 g/mol. The molecule has 2 aliphatic rings. The van der Waals surface area contributed by atoms with Gasteiger partial charge in [0, 0.05) is 43.6 Å². The highest BCUT2D eigenvalue weighted by Gasteiger charge is 2.27. The number of pyridine rings is 2.